The minimum absolute atomic E-state index is 0.444. The lowest BCUT2D eigenvalue weighted by Crippen LogP contribution is -2.29. The molecule has 75 heavy (non-hydrogen) atoms. The molecule has 11 aromatic carbocycles. The van der Waals surface area contributed by atoms with Gasteiger partial charge in [-0.25, -0.2) is 0 Å². The Bertz CT molecular complexity index is 3710. The van der Waals surface area contributed by atoms with Gasteiger partial charge in [-0.2, -0.15) is 0 Å². The quantitative estimate of drug-likeness (QED) is 0.113. The summed E-state index contributed by atoms with van der Waals surface area (Å²) in [5.74, 6) is 1.79. The highest BCUT2D eigenvalue weighted by molar-refractivity contribution is 6.20. The average molecular weight is 971 g/mol. The Labute approximate surface area is 444 Å². The third-order valence-corrected chi connectivity index (χ3v) is 16.2. The van der Waals surface area contributed by atoms with E-state index in [4.69, 9.17) is 0 Å². The smallest absolute Gasteiger partial charge is 0.0720 e. The number of nitrogens with zero attached hydrogens (tertiary/aromatic N) is 2. The fourth-order valence-electron chi connectivity index (χ4n) is 12.1. The zero-order chi connectivity index (χ0) is 51.5. The van der Waals surface area contributed by atoms with Crippen LogP contribution in [-0.4, -0.2) is 0 Å². The topological polar surface area (TPSA) is 6.48 Å². The third-order valence-electron chi connectivity index (χ3n) is 16.2. The minimum Gasteiger partial charge on any atom is -0.310 e. The lowest BCUT2D eigenvalue weighted by molar-refractivity contribution is 0.777. The molecule has 0 spiro atoms. The van der Waals surface area contributed by atoms with E-state index in [1.807, 2.05) is 0 Å². The first kappa shape index (κ1) is 47.8. The number of hydrogen-bond acceptors (Lipinski definition) is 2. The number of anilines is 6. The van der Waals surface area contributed by atoms with E-state index in [1.54, 1.807) is 0 Å². The molecule has 0 saturated carbocycles. The van der Waals surface area contributed by atoms with Gasteiger partial charge in [0.25, 0.3) is 0 Å². The lowest BCUT2D eigenvalue weighted by atomic mass is 9.66. The zero-order valence-electron chi connectivity index (χ0n) is 44.6. The van der Waals surface area contributed by atoms with Crippen molar-refractivity contribution in [3.8, 4) is 11.1 Å². The Kier molecular flexibility index (Phi) is 12.3. The molecule has 368 valence electrons. The van der Waals surface area contributed by atoms with Crippen LogP contribution in [0.2, 0.25) is 0 Å². The molecule has 0 N–H and O–H groups in total. The highest BCUT2D eigenvalue weighted by atomic mass is 15.1. The molecule has 0 aromatic heterocycles. The van der Waals surface area contributed by atoms with E-state index in [2.05, 4.69) is 296 Å². The fourth-order valence-corrected chi connectivity index (χ4v) is 12.1. The molecule has 2 heteroatoms. The summed E-state index contributed by atoms with van der Waals surface area (Å²) in [5.41, 5.74) is 19.2. The van der Waals surface area contributed by atoms with Gasteiger partial charge < -0.3 is 9.80 Å². The van der Waals surface area contributed by atoms with Crippen molar-refractivity contribution in [2.24, 2.45) is 0 Å². The van der Waals surface area contributed by atoms with Gasteiger partial charge in [-0.15, -0.1) is 0 Å². The molecule has 11 aromatic rings. The van der Waals surface area contributed by atoms with E-state index in [0.717, 1.165) is 34.1 Å². The van der Waals surface area contributed by atoms with Crippen LogP contribution in [0.3, 0.4) is 0 Å². The highest BCUT2D eigenvalue weighted by Crippen LogP contribution is 2.61. The summed E-state index contributed by atoms with van der Waals surface area (Å²) < 4.78 is 0. The molecule has 0 fully saturated rings. The molecule has 2 nitrogen and oxygen atoms in total. The van der Waals surface area contributed by atoms with Crippen molar-refractivity contribution in [3.63, 3.8) is 0 Å². The van der Waals surface area contributed by atoms with E-state index in [1.165, 1.54) is 88.0 Å². The molecular formula is C73H66N2. The second-order valence-electron chi connectivity index (χ2n) is 22.1. The number of fused-ring (bicyclic) bond motifs is 9. The Morgan fingerprint density at radius 3 is 1.12 bits per heavy atom. The molecule has 12 rings (SSSR count). The maximum atomic E-state index is 2.54. The van der Waals surface area contributed by atoms with Crippen LogP contribution in [0.15, 0.2) is 231 Å². The number of rotatable bonds is 12. The predicted octanol–water partition coefficient (Wildman–Crippen LogP) is 20.9. The van der Waals surface area contributed by atoms with Gasteiger partial charge in [0.15, 0.2) is 0 Å². The molecule has 0 atom stereocenters. The van der Waals surface area contributed by atoms with Crippen molar-refractivity contribution in [3.05, 3.63) is 275 Å². The zero-order valence-corrected chi connectivity index (χ0v) is 44.6. The van der Waals surface area contributed by atoms with Gasteiger partial charge in [0, 0.05) is 34.1 Å². The fraction of sp³-hybridized carbons (Fsp3) is 0.178. The highest BCUT2D eigenvalue weighted by Gasteiger charge is 2.48. The van der Waals surface area contributed by atoms with Gasteiger partial charge in [0.1, 0.15) is 0 Å². The normalized spacial score (nSPS) is 12.9. The van der Waals surface area contributed by atoms with Gasteiger partial charge in [-0.3, -0.25) is 0 Å². The lowest BCUT2D eigenvalue weighted by Gasteiger charge is -2.35. The largest absolute Gasteiger partial charge is 0.310 e. The summed E-state index contributed by atoms with van der Waals surface area (Å²) in [6, 6.07) is 87.8. The average Bonchev–Trinajstić information content (AvgIpc) is 4.00. The molecular weight excluding hydrogens is 905 g/mol. The Morgan fingerprint density at radius 1 is 0.293 bits per heavy atom. The maximum Gasteiger partial charge on any atom is 0.0720 e. The van der Waals surface area contributed by atoms with Gasteiger partial charge >= 0.3 is 0 Å². The van der Waals surface area contributed by atoms with Crippen LogP contribution in [0.5, 0.6) is 0 Å². The molecule has 0 radical (unpaired) electrons. The number of benzene rings is 11. The van der Waals surface area contributed by atoms with Gasteiger partial charge in [0.2, 0.25) is 0 Å². The summed E-state index contributed by atoms with van der Waals surface area (Å²) in [5, 5.41) is 7.43. The summed E-state index contributed by atoms with van der Waals surface area (Å²) in [6.45, 7) is 18.1. The monoisotopic (exact) mass is 971 g/mol. The first-order valence-electron chi connectivity index (χ1n) is 27.2. The van der Waals surface area contributed by atoms with E-state index < -0.39 is 5.41 Å². The molecule has 0 amide bonds. The van der Waals surface area contributed by atoms with Crippen molar-refractivity contribution in [2.75, 3.05) is 9.80 Å². The Balaban J connectivity index is 1.12. The van der Waals surface area contributed by atoms with Crippen molar-refractivity contribution in [1.82, 2.24) is 0 Å². The summed E-state index contributed by atoms with van der Waals surface area (Å²) in [7, 11) is 0. The molecule has 0 bridgehead atoms. The molecule has 1 aliphatic rings. The first-order chi connectivity index (χ1) is 36.5. The Hall–Kier alpha value is -8.20. The van der Waals surface area contributed by atoms with Crippen LogP contribution >= 0.6 is 0 Å². The van der Waals surface area contributed by atoms with Gasteiger partial charge in [-0.05, 0) is 197 Å². The van der Waals surface area contributed by atoms with Crippen molar-refractivity contribution in [2.45, 2.75) is 84.5 Å². The van der Waals surface area contributed by atoms with Gasteiger partial charge in [-0.1, -0.05) is 201 Å². The molecule has 0 aliphatic heterocycles. The van der Waals surface area contributed by atoms with Crippen LogP contribution < -0.4 is 9.80 Å². The summed E-state index contributed by atoms with van der Waals surface area (Å²) in [6.07, 6.45) is 0. The van der Waals surface area contributed by atoms with E-state index in [0.29, 0.717) is 23.7 Å². The van der Waals surface area contributed by atoms with Gasteiger partial charge in [0.05, 0.1) is 5.41 Å². The second kappa shape index (κ2) is 19.3. The number of hydrogen-bond donors (Lipinski definition) is 0. The van der Waals surface area contributed by atoms with Crippen LogP contribution in [0, 0.1) is 0 Å². The molecule has 1 aliphatic carbocycles. The van der Waals surface area contributed by atoms with Crippen LogP contribution in [0.25, 0.3) is 43.4 Å². The minimum atomic E-state index is -0.654. The maximum absolute atomic E-state index is 2.54. The third kappa shape index (κ3) is 8.19. The summed E-state index contributed by atoms with van der Waals surface area (Å²) >= 11 is 0. The van der Waals surface area contributed by atoms with E-state index >= 15 is 0 Å². The molecule has 0 heterocycles. The SMILES string of the molecule is CC(C)c1ccc(N(c2ccc(C(C)C)cc2)c2ccc3cc4c(cc3c2)C(c2ccccc2)(c2ccccc2)c2c-4c3ccccc3c3cc(N(c4ccc(C(C)C)cc4)c4ccc(C(C)C)cc4)ccc23)cc1. The van der Waals surface area contributed by atoms with Crippen LogP contribution in [-0.2, 0) is 5.41 Å². The van der Waals surface area contributed by atoms with Crippen molar-refractivity contribution in [1.29, 1.82) is 0 Å². The Morgan fingerprint density at radius 2 is 0.680 bits per heavy atom. The molecule has 0 saturated heterocycles. The van der Waals surface area contributed by atoms with E-state index in [-0.39, 0.29) is 0 Å². The second-order valence-corrected chi connectivity index (χ2v) is 22.1. The van der Waals surface area contributed by atoms with Crippen LogP contribution in [0.1, 0.15) is 124 Å². The first-order valence-corrected chi connectivity index (χ1v) is 27.2. The summed E-state index contributed by atoms with van der Waals surface area (Å²) in [4.78, 5) is 4.87. The molecule has 0 unspecified atom stereocenters. The van der Waals surface area contributed by atoms with Crippen molar-refractivity contribution < 1.29 is 0 Å². The predicted molar refractivity (Wildman–Crippen MR) is 322 cm³/mol. The standard InChI is InChI=1S/C73H66N2/c1-47(2)51-23-32-59(33-24-51)74(60-34-25-52(26-35-60)48(3)4)63-40-31-55-44-69-70(45-56(55)43-63)73(57-17-11-9-12-18-57,58-19-13-10-14-20-58)72-67-42-41-64(46-68(67)65-21-15-16-22-66(65)71(69)72)75(61-36-27-53(28-37-61)49(5)6)62-38-29-54(30-39-62)50(7)8/h9-50H,1-8H3. The van der Waals surface area contributed by atoms with Crippen molar-refractivity contribution >= 4 is 66.4 Å². The van der Waals surface area contributed by atoms with E-state index in [9.17, 15) is 0 Å². The van der Waals surface area contributed by atoms with Crippen LogP contribution in [0.4, 0.5) is 34.1 Å².